The van der Waals surface area contributed by atoms with Crippen LogP contribution in [0.25, 0.3) is 0 Å². The molecule has 3 rings (SSSR count). The number of halogens is 5. The van der Waals surface area contributed by atoms with E-state index < -0.39 is 43.3 Å². The Morgan fingerprint density at radius 1 is 1.24 bits per heavy atom. The maximum atomic E-state index is 13.2. The number of alkyl halides is 4. The fraction of sp³-hybridized carbons (Fsp3) is 0.435. The topological polar surface area (TPSA) is 100 Å². The normalized spacial score (nSPS) is 14.8. The number of anilines is 2. The molecule has 9 nitrogen and oxygen atoms in total. The van der Waals surface area contributed by atoms with Crippen molar-refractivity contribution in [3.05, 3.63) is 39.5 Å². The molecule has 2 N–H and O–H groups in total. The molecule has 15 heteroatoms. The molecule has 1 atom stereocenters. The number of carbonyl (C=O) groups is 3. The van der Waals surface area contributed by atoms with Crippen LogP contribution in [0.3, 0.4) is 0 Å². The summed E-state index contributed by atoms with van der Waals surface area (Å²) in [6.07, 6.45) is -2.76. The maximum absolute atomic E-state index is 13.2. The number of hydrogen-bond acceptors (Lipinski definition) is 7. The van der Waals surface area contributed by atoms with E-state index in [0.717, 1.165) is 17.4 Å². The van der Waals surface area contributed by atoms with Crippen molar-refractivity contribution in [1.29, 1.82) is 0 Å². The minimum Gasteiger partial charge on any atom is -0.433 e. The summed E-state index contributed by atoms with van der Waals surface area (Å²) in [5.41, 5.74) is 0.0764. The van der Waals surface area contributed by atoms with Gasteiger partial charge in [-0.1, -0.05) is 18.5 Å². The van der Waals surface area contributed by atoms with E-state index in [2.05, 4.69) is 15.4 Å². The van der Waals surface area contributed by atoms with E-state index in [0.29, 0.717) is 4.34 Å². The third-order valence-electron chi connectivity index (χ3n) is 5.50. The lowest BCUT2D eigenvalue weighted by Gasteiger charge is -2.30. The molecule has 0 bridgehead atoms. The van der Waals surface area contributed by atoms with Gasteiger partial charge in [0.1, 0.15) is 12.6 Å². The standard InChI is InChI=1S/C23H25ClF4N4O5S/c1-2-31(11-19(25)26)15(10-29-22(35)17-5-6-18(24)38-17)21(34)30-13-3-4-14(16(9-13)37-23(27)28)32-7-8-36-12-20(32)33/h3-6,9,15,19,23H,2,7-8,10-12H2,1H3,(H,29,35)(H,30,34)/t15-/m1/s1. The van der Waals surface area contributed by atoms with E-state index in [1.807, 2.05) is 0 Å². The molecule has 1 aliphatic rings. The molecule has 1 aromatic heterocycles. The average Bonchev–Trinajstić information content (AvgIpc) is 3.30. The van der Waals surface area contributed by atoms with Crippen LogP contribution >= 0.6 is 22.9 Å². The van der Waals surface area contributed by atoms with Crippen molar-refractivity contribution in [2.24, 2.45) is 0 Å². The number of benzene rings is 1. The van der Waals surface area contributed by atoms with E-state index >= 15 is 0 Å². The fourth-order valence-corrected chi connectivity index (χ4v) is 4.72. The Balaban J connectivity index is 1.82. The first-order valence-corrected chi connectivity index (χ1v) is 12.6. The molecule has 1 saturated heterocycles. The fourth-order valence-electron chi connectivity index (χ4n) is 3.76. The van der Waals surface area contributed by atoms with Gasteiger partial charge in [-0.05, 0) is 30.8 Å². The molecule has 0 saturated carbocycles. The lowest BCUT2D eigenvalue weighted by molar-refractivity contribution is -0.126. The van der Waals surface area contributed by atoms with Gasteiger partial charge in [0.15, 0.2) is 5.75 Å². The van der Waals surface area contributed by atoms with Crippen molar-refractivity contribution in [1.82, 2.24) is 10.2 Å². The van der Waals surface area contributed by atoms with Crippen LogP contribution in [0, 0.1) is 0 Å². The molecule has 2 aromatic rings. The zero-order valence-corrected chi connectivity index (χ0v) is 21.7. The predicted molar refractivity (Wildman–Crippen MR) is 134 cm³/mol. The number of likely N-dealkylation sites (N-methyl/N-ethyl adjacent to an activating group) is 1. The monoisotopic (exact) mass is 580 g/mol. The number of rotatable bonds is 12. The summed E-state index contributed by atoms with van der Waals surface area (Å²) in [6, 6.07) is 5.57. The van der Waals surface area contributed by atoms with Crippen molar-refractivity contribution in [2.45, 2.75) is 26.0 Å². The number of ether oxygens (including phenoxy) is 2. The number of nitrogens with zero attached hydrogens (tertiary/aromatic N) is 2. The Morgan fingerprint density at radius 2 is 2.00 bits per heavy atom. The summed E-state index contributed by atoms with van der Waals surface area (Å²) in [5.74, 6) is -2.14. The largest absolute Gasteiger partial charge is 0.433 e. The quantitative estimate of drug-likeness (QED) is 0.372. The van der Waals surface area contributed by atoms with Crippen LogP contribution in [0.4, 0.5) is 28.9 Å². The Hall–Kier alpha value is -2.94. The zero-order valence-electron chi connectivity index (χ0n) is 20.1. The Kier molecular flexibility index (Phi) is 10.7. The van der Waals surface area contributed by atoms with Gasteiger partial charge in [-0.2, -0.15) is 8.78 Å². The van der Waals surface area contributed by atoms with Crippen LogP contribution in [-0.2, 0) is 14.3 Å². The van der Waals surface area contributed by atoms with Crippen molar-refractivity contribution in [2.75, 3.05) is 49.6 Å². The lowest BCUT2D eigenvalue weighted by atomic mass is 10.2. The summed E-state index contributed by atoms with van der Waals surface area (Å²) >= 11 is 6.86. The summed E-state index contributed by atoms with van der Waals surface area (Å²) < 4.78 is 62.7. The Labute approximate surface area is 224 Å². The maximum Gasteiger partial charge on any atom is 0.387 e. The Morgan fingerprint density at radius 3 is 2.61 bits per heavy atom. The van der Waals surface area contributed by atoms with E-state index in [1.165, 1.54) is 34.1 Å². The highest BCUT2D eigenvalue weighted by Crippen LogP contribution is 2.33. The number of morpholine rings is 1. The number of thiophene rings is 1. The molecule has 38 heavy (non-hydrogen) atoms. The number of carbonyl (C=O) groups excluding carboxylic acids is 3. The summed E-state index contributed by atoms with van der Waals surface area (Å²) in [4.78, 5) is 40.5. The highest BCUT2D eigenvalue weighted by Gasteiger charge is 2.29. The zero-order chi connectivity index (χ0) is 27.8. The second kappa shape index (κ2) is 13.7. The number of amides is 3. The molecule has 0 unspecified atom stereocenters. The smallest absolute Gasteiger partial charge is 0.387 e. The van der Waals surface area contributed by atoms with Gasteiger partial charge in [0, 0.05) is 24.8 Å². The second-order valence-electron chi connectivity index (χ2n) is 7.96. The number of nitrogens with one attached hydrogen (secondary N) is 2. The highest BCUT2D eigenvalue weighted by molar-refractivity contribution is 7.18. The van der Waals surface area contributed by atoms with E-state index in [9.17, 15) is 31.9 Å². The van der Waals surface area contributed by atoms with Gasteiger partial charge in [0.2, 0.25) is 5.91 Å². The second-order valence-corrected chi connectivity index (χ2v) is 9.67. The Bertz CT molecular complexity index is 1140. The highest BCUT2D eigenvalue weighted by atomic mass is 35.5. The molecule has 1 aromatic carbocycles. The lowest BCUT2D eigenvalue weighted by Crippen LogP contribution is -2.52. The summed E-state index contributed by atoms with van der Waals surface area (Å²) in [6.45, 7) is -2.57. The van der Waals surface area contributed by atoms with Crippen molar-refractivity contribution < 1.29 is 41.4 Å². The molecule has 3 amide bonds. The molecule has 0 radical (unpaired) electrons. The number of hydrogen-bond donors (Lipinski definition) is 2. The molecule has 208 valence electrons. The van der Waals surface area contributed by atoms with Gasteiger partial charge >= 0.3 is 6.61 Å². The first-order valence-electron chi connectivity index (χ1n) is 11.4. The van der Waals surface area contributed by atoms with Crippen molar-refractivity contribution >= 4 is 52.0 Å². The van der Waals surface area contributed by atoms with Gasteiger partial charge in [-0.25, -0.2) is 8.78 Å². The predicted octanol–water partition coefficient (Wildman–Crippen LogP) is 3.69. The molecule has 1 fully saturated rings. The summed E-state index contributed by atoms with van der Waals surface area (Å²) in [5, 5.41) is 5.05. The minimum absolute atomic E-state index is 0.0181. The van der Waals surface area contributed by atoms with Crippen molar-refractivity contribution in [3.8, 4) is 5.75 Å². The molecular formula is C23H25ClF4N4O5S. The SMILES string of the molecule is CCN(CC(F)F)[C@H](CNC(=O)c1ccc(Cl)s1)C(=O)Nc1ccc(N2CCOCC2=O)c(OC(F)F)c1. The molecule has 0 aliphatic carbocycles. The van der Waals surface area contributed by atoms with Crippen LogP contribution in [0.15, 0.2) is 30.3 Å². The van der Waals surface area contributed by atoms with Gasteiger partial charge in [0.25, 0.3) is 18.2 Å². The third kappa shape index (κ3) is 8.03. The van der Waals surface area contributed by atoms with Gasteiger partial charge in [0.05, 0.1) is 28.1 Å². The van der Waals surface area contributed by atoms with E-state index in [-0.39, 0.29) is 54.8 Å². The van der Waals surface area contributed by atoms with Crippen LogP contribution in [0.2, 0.25) is 4.34 Å². The van der Waals surface area contributed by atoms with Crippen LogP contribution in [-0.4, -0.2) is 81.1 Å². The average molecular weight is 581 g/mol. The van der Waals surface area contributed by atoms with Gasteiger partial charge in [-0.3, -0.25) is 19.3 Å². The molecule has 2 heterocycles. The van der Waals surface area contributed by atoms with Crippen LogP contribution < -0.4 is 20.3 Å². The van der Waals surface area contributed by atoms with E-state index in [1.54, 1.807) is 6.92 Å². The van der Waals surface area contributed by atoms with Crippen molar-refractivity contribution in [3.63, 3.8) is 0 Å². The molecule has 1 aliphatic heterocycles. The first-order chi connectivity index (χ1) is 18.1. The van der Waals surface area contributed by atoms with Crippen LogP contribution in [0.5, 0.6) is 5.75 Å². The third-order valence-corrected chi connectivity index (χ3v) is 6.73. The molecule has 0 spiro atoms. The van der Waals surface area contributed by atoms with Crippen LogP contribution in [0.1, 0.15) is 16.6 Å². The van der Waals surface area contributed by atoms with Gasteiger partial charge < -0.3 is 25.0 Å². The van der Waals surface area contributed by atoms with Gasteiger partial charge in [-0.15, -0.1) is 11.3 Å². The summed E-state index contributed by atoms with van der Waals surface area (Å²) in [7, 11) is 0. The minimum atomic E-state index is -3.22. The molecular weight excluding hydrogens is 556 g/mol. The van der Waals surface area contributed by atoms with E-state index in [4.69, 9.17) is 16.3 Å². The first kappa shape index (κ1) is 29.6.